The number of aromatic nitrogens is 1. The molecule has 0 bridgehead atoms. The second-order valence-electron chi connectivity index (χ2n) is 1.73. The summed E-state index contributed by atoms with van der Waals surface area (Å²) in [7, 11) is 0. The lowest BCUT2D eigenvalue weighted by atomic mass is 10.3. The van der Waals surface area contributed by atoms with Crippen LogP contribution in [-0.4, -0.2) is 4.98 Å². The molecule has 2 heteroatoms. The molecular weight excluding hydrogens is 102 g/mol. The van der Waals surface area contributed by atoms with Crippen LogP contribution in [0.3, 0.4) is 0 Å². The Morgan fingerprint density at radius 1 is 1.75 bits per heavy atom. The quantitative estimate of drug-likeness (QED) is 0.579. The zero-order chi connectivity index (χ0) is 5.82. The van der Waals surface area contributed by atoms with Crippen molar-refractivity contribution < 1.29 is 4.42 Å². The van der Waals surface area contributed by atoms with Crippen LogP contribution in [0.4, 0.5) is 0 Å². The van der Waals surface area contributed by atoms with Crippen LogP contribution in [0.25, 0.3) is 0 Å². The van der Waals surface area contributed by atoms with Crippen LogP contribution < -0.4 is 0 Å². The van der Waals surface area contributed by atoms with Gasteiger partial charge in [0.25, 0.3) is 0 Å². The van der Waals surface area contributed by atoms with Gasteiger partial charge in [0.15, 0.2) is 6.39 Å². The standard InChI is InChI=1S/C6H9NO/c1-2-3-6-4-8-5-7-6/h4-5H,2-3H2,1H3. The fraction of sp³-hybridized carbons (Fsp3) is 0.500. The van der Waals surface area contributed by atoms with E-state index >= 15 is 0 Å². The SMILES string of the molecule is CCCc1cocn1. The van der Waals surface area contributed by atoms with Crippen LogP contribution >= 0.6 is 0 Å². The largest absolute Gasteiger partial charge is 0.451 e. The molecule has 1 aromatic rings. The minimum Gasteiger partial charge on any atom is -0.451 e. The average Bonchev–Trinajstić information content (AvgIpc) is 2.19. The van der Waals surface area contributed by atoms with Gasteiger partial charge in [-0.05, 0) is 6.42 Å². The van der Waals surface area contributed by atoms with E-state index in [1.165, 1.54) is 6.39 Å². The molecule has 0 saturated carbocycles. The Hall–Kier alpha value is -0.790. The molecule has 0 saturated heterocycles. The zero-order valence-corrected chi connectivity index (χ0v) is 4.92. The number of hydrogen-bond donors (Lipinski definition) is 0. The molecular formula is C6H9NO. The first-order valence-electron chi connectivity index (χ1n) is 2.80. The van der Waals surface area contributed by atoms with Crippen molar-refractivity contribution in [2.45, 2.75) is 19.8 Å². The third-order valence-corrected chi connectivity index (χ3v) is 0.990. The molecule has 44 valence electrons. The van der Waals surface area contributed by atoms with Gasteiger partial charge in [-0.3, -0.25) is 0 Å². The van der Waals surface area contributed by atoms with Gasteiger partial charge in [-0.2, -0.15) is 0 Å². The summed E-state index contributed by atoms with van der Waals surface area (Å²) in [6.45, 7) is 2.12. The molecule has 0 aliphatic heterocycles. The van der Waals surface area contributed by atoms with Crippen molar-refractivity contribution >= 4 is 0 Å². The Balaban J connectivity index is 2.50. The van der Waals surface area contributed by atoms with Gasteiger partial charge in [0.05, 0.1) is 5.69 Å². The molecule has 8 heavy (non-hydrogen) atoms. The van der Waals surface area contributed by atoms with E-state index in [1.54, 1.807) is 6.26 Å². The van der Waals surface area contributed by atoms with Gasteiger partial charge in [0, 0.05) is 0 Å². The predicted octanol–water partition coefficient (Wildman–Crippen LogP) is 1.63. The maximum atomic E-state index is 4.76. The van der Waals surface area contributed by atoms with E-state index in [2.05, 4.69) is 11.9 Å². The van der Waals surface area contributed by atoms with E-state index in [1.807, 2.05) is 0 Å². The van der Waals surface area contributed by atoms with Gasteiger partial charge in [0.2, 0.25) is 0 Å². The average molecular weight is 111 g/mol. The Bertz CT molecular complexity index is 134. The second-order valence-corrected chi connectivity index (χ2v) is 1.73. The van der Waals surface area contributed by atoms with E-state index in [0.717, 1.165) is 18.5 Å². The Labute approximate surface area is 48.5 Å². The fourth-order valence-corrected chi connectivity index (χ4v) is 0.617. The minimum atomic E-state index is 1.02. The lowest BCUT2D eigenvalue weighted by Crippen LogP contribution is -1.78. The fourth-order valence-electron chi connectivity index (χ4n) is 0.617. The van der Waals surface area contributed by atoms with E-state index in [4.69, 9.17) is 4.42 Å². The van der Waals surface area contributed by atoms with Gasteiger partial charge in [-0.1, -0.05) is 13.3 Å². The Kier molecular flexibility index (Phi) is 1.67. The van der Waals surface area contributed by atoms with Gasteiger partial charge < -0.3 is 4.42 Å². The number of aryl methyl sites for hydroxylation is 1. The molecule has 0 spiro atoms. The number of rotatable bonds is 2. The molecule has 1 heterocycles. The molecule has 1 aromatic heterocycles. The van der Waals surface area contributed by atoms with E-state index in [9.17, 15) is 0 Å². The summed E-state index contributed by atoms with van der Waals surface area (Å²) in [5.74, 6) is 0. The van der Waals surface area contributed by atoms with E-state index < -0.39 is 0 Å². The topological polar surface area (TPSA) is 26.0 Å². The van der Waals surface area contributed by atoms with Gasteiger partial charge in [-0.15, -0.1) is 0 Å². The second kappa shape index (κ2) is 2.50. The highest BCUT2D eigenvalue weighted by Crippen LogP contribution is 1.96. The van der Waals surface area contributed by atoms with Crippen molar-refractivity contribution in [1.29, 1.82) is 0 Å². The van der Waals surface area contributed by atoms with Crippen molar-refractivity contribution in [3.05, 3.63) is 18.4 Å². The van der Waals surface area contributed by atoms with Crippen molar-refractivity contribution in [2.24, 2.45) is 0 Å². The maximum absolute atomic E-state index is 4.76. The smallest absolute Gasteiger partial charge is 0.180 e. The molecule has 0 aliphatic carbocycles. The molecule has 1 rings (SSSR count). The first kappa shape index (κ1) is 5.35. The van der Waals surface area contributed by atoms with E-state index in [0.29, 0.717) is 0 Å². The molecule has 0 radical (unpaired) electrons. The van der Waals surface area contributed by atoms with Crippen LogP contribution in [0.15, 0.2) is 17.1 Å². The third-order valence-electron chi connectivity index (χ3n) is 0.990. The molecule has 0 amide bonds. The van der Waals surface area contributed by atoms with Crippen molar-refractivity contribution in [1.82, 2.24) is 4.98 Å². The van der Waals surface area contributed by atoms with Crippen molar-refractivity contribution in [3.8, 4) is 0 Å². The Morgan fingerprint density at radius 2 is 2.62 bits per heavy atom. The monoisotopic (exact) mass is 111 g/mol. The van der Waals surface area contributed by atoms with Crippen molar-refractivity contribution in [2.75, 3.05) is 0 Å². The van der Waals surface area contributed by atoms with Crippen LogP contribution in [0.1, 0.15) is 19.0 Å². The van der Waals surface area contributed by atoms with Crippen molar-refractivity contribution in [3.63, 3.8) is 0 Å². The summed E-state index contributed by atoms with van der Waals surface area (Å²) in [6.07, 6.45) is 5.30. The highest BCUT2D eigenvalue weighted by molar-refractivity contribution is 4.89. The van der Waals surface area contributed by atoms with E-state index in [-0.39, 0.29) is 0 Å². The lowest BCUT2D eigenvalue weighted by molar-refractivity contribution is 0.556. The molecule has 0 N–H and O–H groups in total. The summed E-state index contributed by atoms with van der Waals surface area (Å²) in [5.41, 5.74) is 1.05. The lowest BCUT2D eigenvalue weighted by Gasteiger charge is -1.83. The minimum absolute atomic E-state index is 1.02. The number of nitrogens with zero attached hydrogens (tertiary/aromatic N) is 1. The normalized spacial score (nSPS) is 9.62. The third kappa shape index (κ3) is 1.09. The van der Waals surface area contributed by atoms with Gasteiger partial charge >= 0.3 is 0 Å². The molecule has 0 unspecified atom stereocenters. The summed E-state index contributed by atoms with van der Waals surface area (Å²) >= 11 is 0. The first-order valence-corrected chi connectivity index (χ1v) is 2.80. The Morgan fingerprint density at radius 3 is 3.12 bits per heavy atom. The van der Waals surface area contributed by atoms with Crippen LogP contribution in [0.5, 0.6) is 0 Å². The summed E-state index contributed by atoms with van der Waals surface area (Å²) in [4.78, 5) is 3.94. The van der Waals surface area contributed by atoms with Crippen LogP contribution in [-0.2, 0) is 6.42 Å². The van der Waals surface area contributed by atoms with Crippen LogP contribution in [0.2, 0.25) is 0 Å². The molecule has 0 fully saturated rings. The highest BCUT2D eigenvalue weighted by Gasteiger charge is 1.89. The summed E-state index contributed by atoms with van der Waals surface area (Å²) in [6, 6.07) is 0. The highest BCUT2D eigenvalue weighted by atomic mass is 16.3. The zero-order valence-electron chi connectivity index (χ0n) is 4.92. The molecule has 0 aliphatic rings. The van der Waals surface area contributed by atoms with Crippen LogP contribution in [0, 0.1) is 0 Å². The molecule has 2 nitrogen and oxygen atoms in total. The first-order chi connectivity index (χ1) is 3.93. The van der Waals surface area contributed by atoms with Gasteiger partial charge in [-0.25, -0.2) is 4.98 Å². The number of hydrogen-bond acceptors (Lipinski definition) is 2. The van der Waals surface area contributed by atoms with Gasteiger partial charge in [0.1, 0.15) is 6.26 Å². The molecule has 0 aromatic carbocycles. The summed E-state index contributed by atoms with van der Waals surface area (Å²) < 4.78 is 4.76. The number of oxazole rings is 1. The molecule has 0 atom stereocenters. The summed E-state index contributed by atoms with van der Waals surface area (Å²) in [5, 5.41) is 0. The predicted molar refractivity (Wildman–Crippen MR) is 30.5 cm³/mol. The maximum Gasteiger partial charge on any atom is 0.180 e.